The highest BCUT2D eigenvalue weighted by atomic mass is 16.6. The molecule has 1 fully saturated rings. The van der Waals surface area contributed by atoms with Crippen molar-refractivity contribution in [2.24, 2.45) is 5.73 Å². The van der Waals surface area contributed by atoms with Crippen molar-refractivity contribution in [1.29, 1.82) is 0 Å². The summed E-state index contributed by atoms with van der Waals surface area (Å²) < 4.78 is 13.1. The molecule has 5 rings (SSSR count). The number of nitrogens with two attached hydrogens (primary N) is 1. The maximum absolute atomic E-state index is 12.5. The van der Waals surface area contributed by atoms with E-state index in [0.717, 1.165) is 29.8 Å². The SMILES string of the molecule is CC(C)(C)OC(=O)N1CCC(c2ccnc3c(C(N)=O)c(-c4ccc(Oc5ccccc5)cc4)nn23)CC1. The summed E-state index contributed by atoms with van der Waals surface area (Å²) in [7, 11) is 0. The van der Waals surface area contributed by atoms with Crippen molar-refractivity contribution in [1.82, 2.24) is 19.5 Å². The van der Waals surface area contributed by atoms with Crippen LogP contribution in [0.25, 0.3) is 16.9 Å². The lowest BCUT2D eigenvalue weighted by molar-refractivity contribution is 0.0203. The molecule has 0 bridgehead atoms. The van der Waals surface area contributed by atoms with Crippen LogP contribution >= 0.6 is 0 Å². The maximum Gasteiger partial charge on any atom is 0.410 e. The molecule has 3 heterocycles. The molecule has 0 saturated carbocycles. The van der Waals surface area contributed by atoms with Gasteiger partial charge in [0.25, 0.3) is 5.91 Å². The van der Waals surface area contributed by atoms with Crippen LogP contribution in [-0.4, -0.2) is 50.2 Å². The average Bonchev–Trinajstić information content (AvgIpc) is 3.29. The number of rotatable bonds is 5. The topological polar surface area (TPSA) is 112 Å². The Morgan fingerprint density at radius 1 is 0.947 bits per heavy atom. The lowest BCUT2D eigenvalue weighted by atomic mass is 9.93. The van der Waals surface area contributed by atoms with Gasteiger partial charge in [-0.25, -0.2) is 14.3 Å². The molecule has 4 aromatic rings. The second-order valence-corrected chi connectivity index (χ2v) is 10.4. The Kier molecular flexibility index (Phi) is 6.75. The minimum atomic E-state index is -0.594. The summed E-state index contributed by atoms with van der Waals surface area (Å²) in [6, 6.07) is 18.8. The van der Waals surface area contributed by atoms with Gasteiger partial charge < -0.3 is 20.1 Å². The number of benzene rings is 2. The highest BCUT2D eigenvalue weighted by molar-refractivity contribution is 6.04. The number of para-hydroxylation sites is 1. The second-order valence-electron chi connectivity index (χ2n) is 10.4. The van der Waals surface area contributed by atoms with Crippen molar-refractivity contribution in [2.45, 2.75) is 45.1 Å². The number of primary amides is 1. The van der Waals surface area contributed by atoms with Crippen LogP contribution < -0.4 is 10.5 Å². The van der Waals surface area contributed by atoms with Gasteiger partial charge in [0.05, 0.1) is 0 Å². The Morgan fingerprint density at radius 2 is 1.61 bits per heavy atom. The molecular formula is C29H31N5O4. The molecule has 2 amide bonds. The van der Waals surface area contributed by atoms with Crippen molar-refractivity contribution in [3.63, 3.8) is 0 Å². The van der Waals surface area contributed by atoms with Crippen molar-refractivity contribution < 1.29 is 19.1 Å². The number of hydrogen-bond donors (Lipinski definition) is 1. The third kappa shape index (κ3) is 5.32. The molecule has 9 heteroatoms. The van der Waals surface area contributed by atoms with Crippen LogP contribution in [0.4, 0.5) is 4.79 Å². The normalized spacial score (nSPS) is 14.4. The van der Waals surface area contributed by atoms with Crippen LogP contribution in [0.15, 0.2) is 66.9 Å². The van der Waals surface area contributed by atoms with Gasteiger partial charge in [0.1, 0.15) is 28.4 Å². The number of nitrogens with zero attached hydrogens (tertiary/aromatic N) is 4. The molecule has 0 spiro atoms. The first-order valence-corrected chi connectivity index (χ1v) is 12.7. The summed E-state index contributed by atoms with van der Waals surface area (Å²) in [6.45, 7) is 6.73. The van der Waals surface area contributed by atoms with Gasteiger partial charge in [-0.1, -0.05) is 18.2 Å². The van der Waals surface area contributed by atoms with Gasteiger partial charge in [0.15, 0.2) is 5.65 Å². The van der Waals surface area contributed by atoms with Crippen molar-refractivity contribution in [3.05, 3.63) is 78.1 Å². The summed E-state index contributed by atoms with van der Waals surface area (Å²) >= 11 is 0. The molecule has 9 nitrogen and oxygen atoms in total. The van der Waals surface area contributed by atoms with Crippen molar-refractivity contribution in [3.8, 4) is 22.8 Å². The molecule has 0 atom stereocenters. The summed E-state index contributed by atoms with van der Waals surface area (Å²) in [4.78, 5) is 31.2. The molecule has 2 N–H and O–H groups in total. The van der Waals surface area contributed by atoms with E-state index in [4.69, 9.17) is 20.3 Å². The number of hydrogen-bond acceptors (Lipinski definition) is 6. The number of ether oxygens (including phenoxy) is 2. The van der Waals surface area contributed by atoms with Crippen LogP contribution in [0.5, 0.6) is 11.5 Å². The first kappa shape index (κ1) is 25.3. The fourth-order valence-electron chi connectivity index (χ4n) is 4.69. The highest BCUT2D eigenvalue weighted by Gasteiger charge is 2.30. The van der Waals surface area contributed by atoms with E-state index in [1.807, 2.05) is 81.4 Å². The Bertz CT molecular complexity index is 1450. The minimum Gasteiger partial charge on any atom is -0.457 e. The fourth-order valence-corrected chi connectivity index (χ4v) is 4.69. The van der Waals surface area contributed by atoms with Gasteiger partial charge in [0, 0.05) is 36.5 Å². The maximum atomic E-state index is 12.5. The predicted molar refractivity (Wildman–Crippen MR) is 143 cm³/mol. The molecule has 2 aromatic heterocycles. The average molecular weight is 514 g/mol. The van der Waals surface area contributed by atoms with Gasteiger partial charge in [-0.2, -0.15) is 5.10 Å². The highest BCUT2D eigenvalue weighted by Crippen LogP contribution is 2.33. The molecular weight excluding hydrogens is 482 g/mol. The van der Waals surface area contributed by atoms with E-state index >= 15 is 0 Å². The predicted octanol–water partition coefficient (Wildman–Crippen LogP) is 5.40. The van der Waals surface area contributed by atoms with Gasteiger partial charge in [-0.3, -0.25) is 4.79 Å². The zero-order chi connectivity index (χ0) is 26.9. The molecule has 1 aliphatic heterocycles. The van der Waals surface area contributed by atoms with Crippen LogP contribution in [0, 0.1) is 0 Å². The lowest BCUT2D eigenvalue weighted by Gasteiger charge is -2.33. The summed E-state index contributed by atoms with van der Waals surface area (Å²) in [5.41, 5.74) is 8.10. The third-order valence-corrected chi connectivity index (χ3v) is 6.47. The molecule has 0 aliphatic carbocycles. The van der Waals surface area contributed by atoms with E-state index < -0.39 is 11.5 Å². The van der Waals surface area contributed by atoms with Gasteiger partial charge >= 0.3 is 6.09 Å². The summed E-state index contributed by atoms with van der Waals surface area (Å²) in [6.07, 6.45) is 2.86. The number of aromatic nitrogens is 3. The van der Waals surface area contributed by atoms with E-state index in [9.17, 15) is 9.59 Å². The molecule has 1 aliphatic rings. The quantitative estimate of drug-likeness (QED) is 0.382. The minimum absolute atomic E-state index is 0.134. The molecule has 0 unspecified atom stereocenters. The Labute approximate surface area is 221 Å². The first-order valence-electron chi connectivity index (χ1n) is 12.7. The number of amides is 2. The molecule has 1 saturated heterocycles. The van der Waals surface area contributed by atoms with Crippen LogP contribution in [0.1, 0.15) is 55.6 Å². The van der Waals surface area contributed by atoms with Crippen LogP contribution in [0.2, 0.25) is 0 Å². The molecule has 0 radical (unpaired) electrons. The zero-order valence-corrected chi connectivity index (χ0v) is 21.8. The summed E-state index contributed by atoms with van der Waals surface area (Å²) in [5, 5.41) is 4.80. The van der Waals surface area contributed by atoms with E-state index in [-0.39, 0.29) is 17.6 Å². The number of piperidine rings is 1. The Balaban J connectivity index is 1.41. The van der Waals surface area contributed by atoms with E-state index in [1.165, 1.54) is 0 Å². The van der Waals surface area contributed by atoms with Crippen molar-refractivity contribution >= 4 is 17.6 Å². The second kappa shape index (κ2) is 10.2. The Morgan fingerprint density at radius 3 is 2.24 bits per heavy atom. The third-order valence-electron chi connectivity index (χ3n) is 6.47. The molecule has 38 heavy (non-hydrogen) atoms. The number of likely N-dealkylation sites (tertiary alicyclic amines) is 1. The van der Waals surface area contributed by atoms with E-state index in [0.29, 0.717) is 30.2 Å². The van der Waals surface area contributed by atoms with Crippen LogP contribution in [-0.2, 0) is 4.74 Å². The van der Waals surface area contributed by atoms with Crippen LogP contribution in [0.3, 0.4) is 0 Å². The first-order chi connectivity index (χ1) is 18.2. The van der Waals surface area contributed by atoms with Gasteiger partial charge in [-0.05, 0) is 76.1 Å². The number of carbonyl (C=O) groups excluding carboxylic acids is 2. The Hall–Kier alpha value is -4.40. The molecule has 196 valence electrons. The standard InChI is InChI=1S/C29H31N5O4/c1-29(2,3)38-28(36)33-17-14-19(15-18-33)23-13-16-31-27-24(26(30)35)25(32-34(23)27)20-9-11-22(12-10-20)37-21-7-5-4-6-8-21/h4-13,16,19H,14-15,17-18H2,1-3H3,(H2,30,35). The monoisotopic (exact) mass is 513 g/mol. The van der Waals surface area contributed by atoms with Crippen molar-refractivity contribution in [2.75, 3.05) is 13.1 Å². The number of fused-ring (bicyclic) bond motifs is 1. The number of carbonyl (C=O) groups is 2. The lowest BCUT2D eigenvalue weighted by Crippen LogP contribution is -2.41. The zero-order valence-electron chi connectivity index (χ0n) is 21.8. The largest absolute Gasteiger partial charge is 0.457 e. The van der Waals surface area contributed by atoms with Gasteiger partial charge in [0.2, 0.25) is 0 Å². The smallest absolute Gasteiger partial charge is 0.410 e. The van der Waals surface area contributed by atoms with E-state index in [2.05, 4.69) is 4.98 Å². The fraction of sp³-hybridized carbons (Fsp3) is 0.310. The van der Waals surface area contributed by atoms with E-state index in [1.54, 1.807) is 15.6 Å². The van der Waals surface area contributed by atoms with Gasteiger partial charge in [-0.15, -0.1) is 0 Å². The molecule has 2 aromatic carbocycles. The summed E-state index contributed by atoms with van der Waals surface area (Å²) in [5.74, 6) is 0.940.